The maximum absolute atomic E-state index is 13.8. The number of benzene rings is 3. The Hall–Kier alpha value is -5.13. The molecule has 12 heteroatoms. The van der Waals surface area contributed by atoms with Crippen LogP contribution in [0.5, 0.6) is 0 Å². The van der Waals surface area contributed by atoms with E-state index in [2.05, 4.69) is 5.32 Å². The van der Waals surface area contributed by atoms with Crippen LogP contribution < -0.4 is 5.32 Å². The molecule has 2 heterocycles. The number of aliphatic carboxylic acids is 1. The van der Waals surface area contributed by atoms with E-state index < -0.39 is 66.2 Å². The van der Waals surface area contributed by atoms with Crippen molar-refractivity contribution in [2.75, 3.05) is 6.61 Å². The van der Waals surface area contributed by atoms with E-state index >= 15 is 0 Å². The summed E-state index contributed by atoms with van der Waals surface area (Å²) < 4.78 is 44.8. The Kier molecular flexibility index (Phi) is 8.70. The molecule has 2 fully saturated rings. The second-order valence-electron chi connectivity index (χ2n) is 10.4. The number of nitrogens with one attached hydrogen (secondary N) is 1. The summed E-state index contributed by atoms with van der Waals surface area (Å²) in [6, 6.07) is 18.3. The zero-order chi connectivity index (χ0) is 31.4. The summed E-state index contributed by atoms with van der Waals surface area (Å²) >= 11 is 0. The normalized spacial score (nSPS) is 20.8. The van der Waals surface area contributed by atoms with Gasteiger partial charge >= 0.3 is 18.2 Å². The number of β-lactam (4-membered cyclic amide) rings is 1. The van der Waals surface area contributed by atoms with Crippen molar-refractivity contribution in [3.63, 3.8) is 0 Å². The fourth-order valence-corrected chi connectivity index (χ4v) is 5.45. The summed E-state index contributed by atoms with van der Waals surface area (Å²) in [5, 5.41) is 12.1. The van der Waals surface area contributed by atoms with E-state index in [1.807, 2.05) is 24.3 Å². The number of cyclic esters (lactones) is 1. The summed E-state index contributed by atoms with van der Waals surface area (Å²) in [6.45, 7) is -0.332. The molecule has 0 saturated carbocycles. The highest BCUT2D eigenvalue weighted by atomic mass is 19.4. The van der Waals surface area contributed by atoms with Gasteiger partial charge in [-0.1, -0.05) is 84.9 Å². The second kappa shape index (κ2) is 12.6. The zero-order valence-corrected chi connectivity index (χ0v) is 23.2. The largest absolute Gasteiger partial charge is 0.481 e. The molecule has 2 aliphatic heterocycles. The number of carbonyl (C=O) groups excluding carboxylic acids is 3. The van der Waals surface area contributed by atoms with Crippen molar-refractivity contribution in [1.29, 1.82) is 0 Å². The molecule has 0 aliphatic carbocycles. The Bertz CT molecular complexity index is 1560. The molecule has 228 valence electrons. The number of hydrogen-bond acceptors (Lipinski definition) is 5. The molecule has 9 nitrogen and oxygen atoms in total. The molecule has 3 aromatic rings. The molecule has 2 saturated heterocycles. The van der Waals surface area contributed by atoms with Crippen LogP contribution in [0, 0.1) is 0 Å². The number of ether oxygens (including phenoxy) is 1. The molecule has 0 unspecified atom stereocenters. The summed E-state index contributed by atoms with van der Waals surface area (Å²) in [7, 11) is 0. The first-order valence-electron chi connectivity index (χ1n) is 13.8. The van der Waals surface area contributed by atoms with Crippen LogP contribution in [0.4, 0.5) is 18.0 Å². The maximum atomic E-state index is 13.8. The average molecular weight is 608 g/mol. The smallest absolute Gasteiger partial charge is 0.416 e. The number of carboxylic acids is 1. The standard InChI is InChI=1S/C32H28F3N3O6/c33-32(34,35)23-13-7-10-21(16-23)18-36-29(41)25(17-27(39)40)37-24(15-14-20-8-3-1-4-9-20)28(30(37)42)38-26(19-44-31(38)43)22-11-5-2-6-12-22/h1-16,24-26,28H,17-19H2,(H,36,41)(H,39,40)/t24-,25+,26-,28+/m1/s1. The highest BCUT2D eigenvalue weighted by Gasteiger charge is 2.58. The van der Waals surface area contributed by atoms with Gasteiger partial charge in [0.15, 0.2) is 0 Å². The number of alkyl halides is 3. The van der Waals surface area contributed by atoms with Gasteiger partial charge in [0, 0.05) is 6.54 Å². The van der Waals surface area contributed by atoms with Crippen LogP contribution in [-0.4, -0.2) is 63.5 Å². The van der Waals surface area contributed by atoms with Gasteiger partial charge in [0.1, 0.15) is 18.7 Å². The van der Waals surface area contributed by atoms with Crippen LogP contribution in [0.3, 0.4) is 0 Å². The maximum Gasteiger partial charge on any atom is 0.416 e. The topological polar surface area (TPSA) is 116 Å². The van der Waals surface area contributed by atoms with Crippen LogP contribution >= 0.6 is 0 Å². The molecule has 44 heavy (non-hydrogen) atoms. The minimum Gasteiger partial charge on any atom is -0.481 e. The van der Waals surface area contributed by atoms with Gasteiger partial charge in [0.2, 0.25) is 11.8 Å². The summed E-state index contributed by atoms with van der Waals surface area (Å²) in [6.07, 6.45) is -2.75. The van der Waals surface area contributed by atoms with Crippen molar-refractivity contribution < 1.29 is 42.2 Å². The number of hydrogen-bond donors (Lipinski definition) is 2. The Morgan fingerprint density at radius 1 is 1.00 bits per heavy atom. The molecule has 2 aliphatic rings. The van der Waals surface area contributed by atoms with E-state index in [9.17, 15) is 37.5 Å². The van der Waals surface area contributed by atoms with Crippen LogP contribution in [0.1, 0.15) is 34.7 Å². The zero-order valence-electron chi connectivity index (χ0n) is 23.2. The molecule has 2 N–H and O–H groups in total. The van der Waals surface area contributed by atoms with Gasteiger partial charge in [-0.3, -0.25) is 19.3 Å². The third kappa shape index (κ3) is 6.43. The van der Waals surface area contributed by atoms with Crippen molar-refractivity contribution in [2.24, 2.45) is 0 Å². The lowest BCUT2D eigenvalue weighted by molar-refractivity contribution is -0.165. The molecule has 3 aromatic carbocycles. The molecular weight excluding hydrogens is 579 g/mol. The number of halogens is 3. The quantitative estimate of drug-likeness (QED) is 0.324. The number of rotatable bonds is 10. The predicted octanol–water partition coefficient (Wildman–Crippen LogP) is 4.65. The van der Waals surface area contributed by atoms with Crippen molar-refractivity contribution in [3.05, 3.63) is 113 Å². The van der Waals surface area contributed by atoms with E-state index in [0.29, 0.717) is 0 Å². The van der Waals surface area contributed by atoms with Gasteiger partial charge < -0.3 is 20.1 Å². The monoisotopic (exact) mass is 607 g/mol. The molecule has 4 atom stereocenters. The Balaban J connectivity index is 1.44. The van der Waals surface area contributed by atoms with Crippen molar-refractivity contribution >= 4 is 30.0 Å². The first-order valence-corrected chi connectivity index (χ1v) is 13.8. The van der Waals surface area contributed by atoms with Crippen LogP contribution in [-0.2, 0) is 31.8 Å². The molecule has 0 bridgehead atoms. The van der Waals surface area contributed by atoms with Crippen LogP contribution in [0.2, 0.25) is 0 Å². The van der Waals surface area contributed by atoms with Crippen LogP contribution in [0.25, 0.3) is 6.08 Å². The Morgan fingerprint density at radius 2 is 1.68 bits per heavy atom. The fraction of sp³-hybridized carbons (Fsp3) is 0.250. The molecule has 5 rings (SSSR count). The van der Waals surface area contributed by atoms with Crippen molar-refractivity contribution in [1.82, 2.24) is 15.1 Å². The molecule has 0 radical (unpaired) electrons. The highest BCUT2D eigenvalue weighted by molar-refractivity contribution is 5.99. The lowest BCUT2D eigenvalue weighted by Gasteiger charge is -2.52. The first-order chi connectivity index (χ1) is 21.0. The Morgan fingerprint density at radius 3 is 2.34 bits per heavy atom. The molecule has 0 spiro atoms. The molecular formula is C32H28F3N3O6. The van der Waals surface area contributed by atoms with E-state index in [0.717, 1.165) is 28.2 Å². The number of amides is 3. The van der Waals surface area contributed by atoms with Crippen LogP contribution in [0.15, 0.2) is 91.0 Å². The molecule has 0 aromatic heterocycles. The number of likely N-dealkylation sites (tertiary alicyclic amines) is 1. The van der Waals surface area contributed by atoms with Gasteiger partial charge in [-0.25, -0.2) is 4.79 Å². The van der Waals surface area contributed by atoms with Gasteiger partial charge in [-0.15, -0.1) is 0 Å². The van der Waals surface area contributed by atoms with Crippen molar-refractivity contribution in [3.8, 4) is 0 Å². The first kappa shape index (κ1) is 30.3. The minimum absolute atomic E-state index is 0.00221. The predicted molar refractivity (Wildman–Crippen MR) is 152 cm³/mol. The molecule has 3 amide bonds. The van der Waals surface area contributed by atoms with Gasteiger partial charge in [0.05, 0.1) is 24.1 Å². The number of nitrogens with zero attached hydrogens (tertiary/aromatic N) is 2. The minimum atomic E-state index is -4.59. The lowest BCUT2D eigenvalue weighted by Crippen LogP contribution is -2.74. The van der Waals surface area contributed by atoms with Gasteiger partial charge in [-0.2, -0.15) is 13.2 Å². The Labute approximate surface area is 250 Å². The van der Waals surface area contributed by atoms with E-state index in [1.165, 1.54) is 17.0 Å². The van der Waals surface area contributed by atoms with Crippen molar-refractivity contribution in [2.45, 2.75) is 43.3 Å². The fourth-order valence-electron chi connectivity index (χ4n) is 5.45. The second-order valence-corrected chi connectivity index (χ2v) is 10.4. The highest BCUT2D eigenvalue weighted by Crippen LogP contribution is 2.39. The third-order valence-corrected chi connectivity index (χ3v) is 7.56. The lowest BCUT2D eigenvalue weighted by atomic mass is 9.87. The summed E-state index contributed by atoms with van der Waals surface area (Å²) in [5.74, 6) is -2.89. The van der Waals surface area contributed by atoms with E-state index in [4.69, 9.17) is 4.74 Å². The summed E-state index contributed by atoms with van der Waals surface area (Å²) in [4.78, 5) is 54.4. The van der Waals surface area contributed by atoms with E-state index in [1.54, 1.807) is 48.6 Å². The number of carbonyl (C=O) groups is 4. The third-order valence-electron chi connectivity index (χ3n) is 7.56. The van der Waals surface area contributed by atoms with Gasteiger partial charge in [-0.05, 0) is 28.8 Å². The van der Waals surface area contributed by atoms with E-state index in [-0.39, 0.29) is 18.7 Å². The summed E-state index contributed by atoms with van der Waals surface area (Å²) in [5.41, 5.74) is 0.735. The SMILES string of the molecule is O=C(O)C[C@@H](C(=O)NCc1cccc(C(F)(F)F)c1)N1C(=O)[C@@H](N2C(=O)OC[C@@H]2c2ccccc2)[C@H]1C=Cc1ccccc1. The van der Waals surface area contributed by atoms with Gasteiger partial charge in [0.25, 0.3) is 0 Å². The average Bonchev–Trinajstić information content (AvgIpc) is 3.38. The number of carboxylic acid groups (broad SMARTS) is 1.